The average molecular weight is 354 g/mol. The number of halogens is 1. The number of para-hydroxylation sites is 1. The van der Waals surface area contributed by atoms with Crippen molar-refractivity contribution in [2.45, 2.75) is 6.04 Å². The fraction of sp³-hybridized carbons (Fsp3) is 0.263. The van der Waals surface area contributed by atoms with E-state index in [0.29, 0.717) is 17.9 Å². The standard InChI is InChI=1S/C19H19FN4O2/c20-12-5-6-17(26)14(7-12)19-22-15-4-2-1-3-13(15)18(24-19)23-16-9-21-8-11(16)10-25/h1-7,11,16,21,25-26H,8-10H2,(H,22,23,24)/t11-,16+/m0/s1. The van der Waals surface area contributed by atoms with Gasteiger partial charge in [0, 0.05) is 37.0 Å². The van der Waals surface area contributed by atoms with Gasteiger partial charge >= 0.3 is 0 Å². The normalized spacial score (nSPS) is 19.8. The van der Waals surface area contributed by atoms with Gasteiger partial charge in [-0.2, -0.15) is 0 Å². The fourth-order valence-electron chi connectivity index (χ4n) is 3.26. The summed E-state index contributed by atoms with van der Waals surface area (Å²) in [5, 5.41) is 27.1. The monoisotopic (exact) mass is 354 g/mol. The summed E-state index contributed by atoms with van der Waals surface area (Å²) in [6.07, 6.45) is 0. The Balaban J connectivity index is 1.82. The number of nitrogens with zero attached hydrogens (tertiary/aromatic N) is 2. The molecular formula is C19H19FN4O2. The van der Waals surface area contributed by atoms with Crippen LogP contribution in [0.2, 0.25) is 0 Å². The Hall–Kier alpha value is -2.77. The molecule has 6 nitrogen and oxygen atoms in total. The summed E-state index contributed by atoms with van der Waals surface area (Å²) >= 11 is 0. The average Bonchev–Trinajstić information content (AvgIpc) is 3.11. The maximum absolute atomic E-state index is 13.7. The van der Waals surface area contributed by atoms with E-state index in [0.717, 1.165) is 11.9 Å². The number of aliphatic hydroxyl groups is 1. The lowest BCUT2D eigenvalue weighted by molar-refractivity contribution is 0.231. The van der Waals surface area contributed by atoms with Crippen molar-refractivity contribution in [3.63, 3.8) is 0 Å². The van der Waals surface area contributed by atoms with E-state index >= 15 is 0 Å². The Labute approximate surface area is 149 Å². The molecule has 0 aliphatic carbocycles. The fourth-order valence-corrected chi connectivity index (χ4v) is 3.26. The molecule has 3 aromatic rings. The van der Waals surface area contributed by atoms with Crippen LogP contribution in [0.4, 0.5) is 10.2 Å². The highest BCUT2D eigenvalue weighted by molar-refractivity contribution is 5.91. The van der Waals surface area contributed by atoms with Gasteiger partial charge in [-0.3, -0.25) is 0 Å². The molecule has 2 heterocycles. The third-order valence-corrected chi connectivity index (χ3v) is 4.70. The molecule has 2 atom stereocenters. The van der Waals surface area contributed by atoms with E-state index < -0.39 is 5.82 Å². The number of benzene rings is 2. The molecule has 4 rings (SSSR count). The highest BCUT2D eigenvalue weighted by atomic mass is 19.1. The molecular weight excluding hydrogens is 335 g/mol. The zero-order chi connectivity index (χ0) is 18.1. The largest absolute Gasteiger partial charge is 0.507 e. The second-order valence-corrected chi connectivity index (χ2v) is 6.43. The van der Waals surface area contributed by atoms with Crippen molar-refractivity contribution in [3.05, 3.63) is 48.3 Å². The molecule has 0 saturated carbocycles. The Morgan fingerprint density at radius 1 is 1.15 bits per heavy atom. The lowest BCUT2D eigenvalue weighted by Gasteiger charge is -2.20. The van der Waals surface area contributed by atoms with Crippen LogP contribution < -0.4 is 10.6 Å². The number of aromatic hydroxyl groups is 1. The van der Waals surface area contributed by atoms with Crippen LogP contribution in [0.25, 0.3) is 22.3 Å². The molecule has 26 heavy (non-hydrogen) atoms. The third kappa shape index (κ3) is 3.07. The zero-order valence-corrected chi connectivity index (χ0v) is 14.0. The first-order valence-electron chi connectivity index (χ1n) is 8.49. The van der Waals surface area contributed by atoms with E-state index in [2.05, 4.69) is 20.6 Å². The van der Waals surface area contributed by atoms with Gasteiger partial charge < -0.3 is 20.8 Å². The van der Waals surface area contributed by atoms with Gasteiger partial charge in [-0.15, -0.1) is 0 Å². The van der Waals surface area contributed by atoms with Crippen LogP contribution in [0.15, 0.2) is 42.5 Å². The maximum Gasteiger partial charge on any atom is 0.165 e. The minimum Gasteiger partial charge on any atom is -0.507 e. The second-order valence-electron chi connectivity index (χ2n) is 6.43. The van der Waals surface area contributed by atoms with Crippen LogP contribution in [-0.4, -0.2) is 45.9 Å². The number of rotatable bonds is 4. The van der Waals surface area contributed by atoms with Crippen molar-refractivity contribution >= 4 is 16.7 Å². The molecule has 1 fully saturated rings. The number of fused-ring (bicyclic) bond motifs is 1. The van der Waals surface area contributed by atoms with Gasteiger partial charge in [0.25, 0.3) is 0 Å². The Kier molecular flexibility index (Phi) is 4.40. The first-order valence-corrected chi connectivity index (χ1v) is 8.49. The second kappa shape index (κ2) is 6.86. The molecule has 1 aliphatic rings. The van der Waals surface area contributed by atoms with Gasteiger partial charge in [-0.25, -0.2) is 14.4 Å². The Morgan fingerprint density at radius 2 is 2.00 bits per heavy atom. The molecule has 4 N–H and O–H groups in total. The summed E-state index contributed by atoms with van der Waals surface area (Å²) in [5.41, 5.74) is 0.928. The van der Waals surface area contributed by atoms with Crippen molar-refractivity contribution in [1.29, 1.82) is 0 Å². The smallest absolute Gasteiger partial charge is 0.165 e. The van der Waals surface area contributed by atoms with Gasteiger partial charge in [0.1, 0.15) is 17.4 Å². The van der Waals surface area contributed by atoms with Crippen LogP contribution in [0.1, 0.15) is 0 Å². The minimum absolute atomic E-state index is 0.0206. The Bertz CT molecular complexity index is 950. The number of hydrogen-bond acceptors (Lipinski definition) is 6. The van der Waals surface area contributed by atoms with Gasteiger partial charge in [0.15, 0.2) is 5.82 Å². The molecule has 1 aromatic heterocycles. The molecule has 0 radical (unpaired) electrons. The van der Waals surface area contributed by atoms with Gasteiger partial charge in [0.05, 0.1) is 11.1 Å². The summed E-state index contributed by atoms with van der Waals surface area (Å²) in [5.74, 6) is 0.374. The van der Waals surface area contributed by atoms with Crippen molar-refractivity contribution < 1.29 is 14.6 Å². The van der Waals surface area contributed by atoms with Crippen LogP contribution in [-0.2, 0) is 0 Å². The summed E-state index contributed by atoms with van der Waals surface area (Å²) in [6, 6.07) is 11.2. The topological polar surface area (TPSA) is 90.3 Å². The third-order valence-electron chi connectivity index (χ3n) is 4.70. The molecule has 1 saturated heterocycles. The number of aliphatic hydroxyl groups excluding tert-OH is 1. The lowest BCUT2D eigenvalue weighted by atomic mass is 10.0. The molecule has 0 unspecified atom stereocenters. The van der Waals surface area contributed by atoms with E-state index in [4.69, 9.17) is 0 Å². The van der Waals surface area contributed by atoms with Gasteiger partial charge in [-0.1, -0.05) is 12.1 Å². The van der Waals surface area contributed by atoms with Crippen LogP contribution in [0.3, 0.4) is 0 Å². The van der Waals surface area contributed by atoms with E-state index in [1.807, 2.05) is 24.3 Å². The van der Waals surface area contributed by atoms with Gasteiger partial charge in [0.2, 0.25) is 0 Å². The van der Waals surface area contributed by atoms with Gasteiger partial charge in [-0.05, 0) is 30.3 Å². The molecule has 0 spiro atoms. The lowest BCUT2D eigenvalue weighted by Crippen LogP contribution is -2.30. The van der Waals surface area contributed by atoms with Crippen LogP contribution in [0.5, 0.6) is 5.75 Å². The highest BCUT2D eigenvalue weighted by Gasteiger charge is 2.27. The van der Waals surface area contributed by atoms with Crippen LogP contribution >= 0.6 is 0 Å². The summed E-state index contributed by atoms with van der Waals surface area (Å²) in [7, 11) is 0. The first-order chi connectivity index (χ1) is 12.7. The van der Waals surface area contributed by atoms with Crippen molar-refractivity contribution in [2.75, 3.05) is 25.0 Å². The van der Waals surface area contributed by atoms with E-state index in [1.54, 1.807) is 0 Å². The first kappa shape index (κ1) is 16.7. The number of phenolic OH excluding ortho intramolecular Hbond substituents is 1. The number of anilines is 1. The number of aromatic nitrogens is 2. The summed E-state index contributed by atoms with van der Waals surface area (Å²) in [6.45, 7) is 1.52. The molecule has 7 heteroatoms. The van der Waals surface area contributed by atoms with Crippen LogP contribution in [0, 0.1) is 11.7 Å². The SMILES string of the molecule is OC[C@@H]1CNC[C@H]1Nc1nc(-c2cc(F)ccc2O)nc2ccccc12. The molecule has 0 amide bonds. The predicted molar refractivity (Wildman–Crippen MR) is 97.5 cm³/mol. The Morgan fingerprint density at radius 3 is 2.85 bits per heavy atom. The van der Waals surface area contributed by atoms with Crippen molar-refractivity contribution in [1.82, 2.24) is 15.3 Å². The summed E-state index contributed by atoms with van der Waals surface area (Å²) < 4.78 is 13.7. The zero-order valence-electron chi connectivity index (χ0n) is 14.0. The number of phenols is 1. The number of nitrogens with one attached hydrogen (secondary N) is 2. The molecule has 2 aromatic carbocycles. The molecule has 1 aliphatic heterocycles. The quantitative estimate of drug-likeness (QED) is 0.574. The highest BCUT2D eigenvalue weighted by Crippen LogP contribution is 2.31. The van der Waals surface area contributed by atoms with Crippen molar-refractivity contribution in [2.24, 2.45) is 5.92 Å². The van der Waals surface area contributed by atoms with E-state index in [1.165, 1.54) is 18.2 Å². The predicted octanol–water partition coefficient (Wildman–Crippen LogP) is 2.13. The molecule has 0 bridgehead atoms. The summed E-state index contributed by atoms with van der Waals surface area (Å²) in [4.78, 5) is 9.03. The van der Waals surface area contributed by atoms with E-state index in [-0.39, 0.29) is 35.7 Å². The minimum atomic E-state index is -0.468. The van der Waals surface area contributed by atoms with E-state index in [9.17, 15) is 14.6 Å². The number of hydrogen-bond donors (Lipinski definition) is 4. The van der Waals surface area contributed by atoms with Crippen molar-refractivity contribution in [3.8, 4) is 17.1 Å². The maximum atomic E-state index is 13.7. The molecule has 134 valence electrons.